The molecule has 1 aliphatic heterocycles. The van der Waals surface area contributed by atoms with Crippen LogP contribution in [0, 0.1) is 0 Å². The Hall–Kier alpha value is -2.87. The highest BCUT2D eigenvalue weighted by Crippen LogP contribution is 2.30. The summed E-state index contributed by atoms with van der Waals surface area (Å²) in [5.74, 6) is -1.22. The Labute approximate surface area is 172 Å². The van der Waals surface area contributed by atoms with Crippen LogP contribution in [0.3, 0.4) is 0 Å². The van der Waals surface area contributed by atoms with E-state index in [0.717, 1.165) is 25.7 Å². The fourth-order valence-electron chi connectivity index (χ4n) is 3.91. The van der Waals surface area contributed by atoms with Gasteiger partial charge >= 0.3 is 0 Å². The van der Waals surface area contributed by atoms with Gasteiger partial charge in [-0.25, -0.2) is 0 Å². The van der Waals surface area contributed by atoms with E-state index in [1.807, 2.05) is 0 Å². The Morgan fingerprint density at radius 1 is 1.17 bits per heavy atom. The predicted octanol–water partition coefficient (Wildman–Crippen LogP) is 3.04. The SMILES string of the molecule is O=C1CC(C(=O)NC2CCCCC2)c2c(nc(Nc3cccc(Cl)c3)[nH]c2=O)N1. The molecule has 0 radical (unpaired) electrons. The molecule has 2 amide bonds. The van der Waals surface area contributed by atoms with E-state index in [1.165, 1.54) is 6.42 Å². The average molecular weight is 416 g/mol. The Bertz CT molecular complexity index is 1000. The van der Waals surface area contributed by atoms with Crippen molar-refractivity contribution in [3.05, 3.63) is 45.2 Å². The Morgan fingerprint density at radius 3 is 2.72 bits per heavy atom. The van der Waals surface area contributed by atoms with Crippen LogP contribution in [0.5, 0.6) is 0 Å². The van der Waals surface area contributed by atoms with Crippen molar-refractivity contribution in [2.24, 2.45) is 0 Å². The van der Waals surface area contributed by atoms with Crippen LogP contribution in [0.2, 0.25) is 5.02 Å². The summed E-state index contributed by atoms with van der Waals surface area (Å²) in [4.78, 5) is 44.7. The molecular weight excluding hydrogens is 394 g/mol. The first-order valence-corrected chi connectivity index (χ1v) is 10.1. The molecule has 1 aromatic heterocycles. The molecule has 9 heteroatoms. The van der Waals surface area contributed by atoms with E-state index >= 15 is 0 Å². The molecule has 2 aliphatic rings. The first-order valence-electron chi connectivity index (χ1n) is 9.76. The lowest BCUT2D eigenvalue weighted by molar-refractivity contribution is -0.127. The van der Waals surface area contributed by atoms with E-state index in [2.05, 4.69) is 25.9 Å². The maximum Gasteiger partial charge on any atom is 0.258 e. The summed E-state index contributed by atoms with van der Waals surface area (Å²) in [5.41, 5.74) is 0.368. The smallest absolute Gasteiger partial charge is 0.258 e. The van der Waals surface area contributed by atoms with Gasteiger partial charge in [0, 0.05) is 23.2 Å². The second-order valence-electron chi connectivity index (χ2n) is 7.46. The largest absolute Gasteiger partial charge is 0.353 e. The zero-order valence-electron chi connectivity index (χ0n) is 15.8. The topological polar surface area (TPSA) is 116 Å². The normalized spacial score (nSPS) is 19.2. The minimum absolute atomic E-state index is 0.0720. The highest BCUT2D eigenvalue weighted by Gasteiger charge is 2.35. The highest BCUT2D eigenvalue weighted by molar-refractivity contribution is 6.30. The van der Waals surface area contributed by atoms with Crippen LogP contribution in [0.1, 0.15) is 50.0 Å². The van der Waals surface area contributed by atoms with Crippen molar-refractivity contribution in [1.29, 1.82) is 0 Å². The summed E-state index contributed by atoms with van der Waals surface area (Å²) < 4.78 is 0. The number of nitrogens with one attached hydrogen (secondary N) is 4. The maximum atomic E-state index is 12.8. The first-order chi connectivity index (χ1) is 14.0. The monoisotopic (exact) mass is 415 g/mol. The lowest BCUT2D eigenvalue weighted by Gasteiger charge is -2.27. The second kappa shape index (κ2) is 8.24. The quantitative estimate of drug-likeness (QED) is 0.612. The minimum atomic E-state index is -0.850. The van der Waals surface area contributed by atoms with Crippen molar-refractivity contribution >= 4 is 40.9 Å². The summed E-state index contributed by atoms with van der Waals surface area (Å²) in [6.07, 6.45) is 5.11. The number of carbonyl (C=O) groups excluding carboxylic acids is 2. The zero-order valence-corrected chi connectivity index (χ0v) is 16.5. The lowest BCUT2D eigenvalue weighted by atomic mass is 9.90. The predicted molar refractivity (Wildman–Crippen MR) is 111 cm³/mol. The second-order valence-corrected chi connectivity index (χ2v) is 7.90. The first kappa shape index (κ1) is 19.4. The summed E-state index contributed by atoms with van der Waals surface area (Å²) in [6.45, 7) is 0. The Balaban J connectivity index is 1.59. The van der Waals surface area contributed by atoms with Crippen molar-refractivity contribution in [3.63, 3.8) is 0 Å². The van der Waals surface area contributed by atoms with Crippen molar-refractivity contribution in [3.8, 4) is 0 Å². The lowest BCUT2D eigenvalue weighted by Crippen LogP contribution is -2.43. The van der Waals surface area contributed by atoms with E-state index in [4.69, 9.17) is 11.6 Å². The van der Waals surface area contributed by atoms with Gasteiger partial charge in [0.05, 0.1) is 11.5 Å². The number of nitrogens with zero attached hydrogens (tertiary/aromatic N) is 1. The highest BCUT2D eigenvalue weighted by atomic mass is 35.5. The number of hydrogen-bond acceptors (Lipinski definition) is 5. The maximum absolute atomic E-state index is 12.8. The number of rotatable bonds is 4. The molecule has 1 aromatic carbocycles. The van der Waals surface area contributed by atoms with Crippen molar-refractivity contribution in [2.45, 2.75) is 50.5 Å². The van der Waals surface area contributed by atoms with E-state index in [1.54, 1.807) is 24.3 Å². The van der Waals surface area contributed by atoms with Crippen LogP contribution in [0.15, 0.2) is 29.1 Å². The standard InChI is InChI=1S/C20H22ClN5O3/c21-11-5-4-8-13(9-11)23-20-25-17-16(19(29)26-20)14(10-15(27)24-17)18(28)22-12-6-2-1-3-7-12/h4-5,8-9,12,14H,1-3,6-7,10H2,(H,22,28)(H3,23,24,25,26,27,29). The van der Waals surface area contributed by atoms with Gasteiger partial charge in [0.25, 0.3) is 5.56 Å². The van der Waals surface area contributed by atoms with Crippen LogP contribution in [0.4, 0.5) is 17.5 Å². The molecule has 2 aromatic rings. The molecule has 2 heterocycles. The molecule has 1 aliphatic carbocycles. The molecule has 0 saturated heterocycles. The van der Waals surface area contributed by atoms with Gasteiger partial charge in [-0.05, 0) is 31.0 Å². The molecule has 8 nitrogen and oxygen atoms in total. The van der Waals surface area contributed by atoms with Crippen molar-refractivity contribution < 1.29 is 9.59 Å². The number of fused-ring (bicyclic) bond motifs is 1. The van der Waals surface area contributed by atoms with Gasteiger partial charge in [0.15, 0.2) is 0 Å². The number of hydrogen-bond donors (Lipinski definition) is 4. The number of aromatic nitrogens is 2. The number of amides is 2. The number of carbonyl (C=O) groups is 2. The molecule has 1 fully saturated rings. The molecular formula is C20H22ClN5O3. The minimum Gasteiger partial charge on any atom is -0.353 e. The van der Waals surface area contributed by atoms with Crippen LogP contribution in [0.25, 0.3) is 0 Å². The van der Waals surface area contributed by atoms with Gasteiger partial charge in [-0.2, -0.15) is 4.98 Å². The molecule has 0 bridgehead atoms. The number of halogens is 1. The molecule has 1 atom stereocenters. The van der Waals surface area contributed by atoms with E-state index < -0.39 is 11.5 Å². The van der Waals surface area contributed by atoms with E-state index in [0.29, 0.717) is 10.7 Å². The molecule has 0 spiro atoms. The average Bonchev–Trinajstić information content (AvgIpc) is 2.67. The zero-order chi connectivity index (χ0) is 20.4. The van der Waals surface area contributed by atoms with Gasteiger partial charge in [-0.15, -0.1) is 0 Å². The summed E-state index contributed by atoms with van der Waals surface area (Å²) in [7, 11) is 0. The molecule has 1 saturated carbocycles. The van der Waals surface area contributed by atoms with Crippen LogP contribution >= 0.6 is 11.6 Å². The van der Waals surface area contributed by atoms with Crippen LogP contribution < -0.4 is 21.5 Å². The fourth-order valence-corrected chi connectivity index (χ4v) is 4.10. The van der Waals surface area contributed by atoms with Crippen LogP contribution in [-0.4, -0.2) is 27.8 Å². The number of anilines is 3. The molecule has 29 heavy (non-hydrogen) atoms. The Kier molecular flexibility index (Phi) is 5.53. The Morgan fingerprint density at radius 2 is 1.97 bits per heavy atom. The van der Waals surface area contributed by atoms with Crippen LogP contribution in [-0.2, 0) is 9.59 Å². The van der Waals surface area contributed by atoms with Gasteiger partial charge in [-0.3, -0.25) is 19.4 Å². The third kappa shape index (κ3) is 4.42. The van der Waals surface area contributed by atoms with Gasteiger partial charge in [0.1, 0.15) is 5.82 Å². The summed E-state index contributed by atoms with van der Waals surface area (Å²) >= 11 is 5.98. The number of aromatic amines is 1. The molecule has 4 N–H and O–H groups in total. The summed E-state index contributed by atoms with van der Waals surface area (Å²) in [6, 6.07) is 7.03. The fraction of sp³-hybridized carbons (Fsp3) is 0.400. The van der Waals surface area contributed by atoms with Gasteiger partial charge in [0.2, 0.25) is 17.8 Å². The van der Waals surface area contributed by atoms with Crippen molar-refractivity contribution in [2.75, 3.05) is 10.6 Å². The van der Waals surface area contributed by atoms with Crippen molar-refractivity contribution in [1.82, 2.24) is 15.3 Å². The molecule has 4 rings (SSSR count). The third-order valence-electron chi connectivity index (χ3n) is 5.31. The van der Waals surface area contributed by atoms with E-state index in [-0.39, 0.29) is 41.6 Å². The molecule has 152 valence electrons. The van der Waals surface area contributed by atoms with Gasteiger partial charge < -0.3 is 16.0 Å². The number of benzene rings is 1. The van der Waals surface area contributed by atoms with Gasteiger partial charge in [-0.1, -0.05) is 36.9 Å². The summed E-state index contributed by atoms with van der Waals surface area (Å²) in [5, 5.41) is 9.11. The third-order valence-corrected chi connectivity index (χ3v) is 5.54. The number of H-pyrrole nitrogens is 1. The molecule has 1 unspecified atom stereocenters. The van der Waals surface area contributed by atoms with E-state index in [9.17, 15) is 14.4 Å².